The van der Waals surface area contributed by atoms with E-state index >= 15 is 0 Å². The van der Waals surface area contributed by atoms with Crippen LogP contribution in [0.2, 0.25) is 0 Å². The molecule has 0 bridgehead atoms. The molecule has 3 atom stereocenters. The molecule has 4 heteroatoms. The molecule has 1 heterocycles. The molecule has 0 aromatic heterocycles. The van der Waals surface area contributed by atoms with E-state index in [9.17, 15) is 14.7 Å². The highest BCUT2D eigenvalue weighted by molar-refractivity contribution is 5.95. The van der Waals surface area contributed by atoms with Gasteiger partial charge in [0.15, 0.2) is 11.9 Å². The van der Waals surface area contributed by atoms with Crippen molar-refractivity contribution in [2.75, 3.05) is 0 Å². The molecule has 0 spiro atoms. The lowest BCUT2D eigenvalue weighted by Gasteiger charge is -2.22. The number of ketones is 1. The lowest BCUT2D eigenvalue weighted by molar-refractivity contribution is -0.148. The number of carbonyl (C=O) groups is 2. The van der Waals surface area contributed by atoms with Gasteiger partial charge in [0.1, 0.15) is 6.10 Å². The molecule has 12 heavy (non-hydrogen) atoms. The molecule has 2 aliphatic rings. The molecule has 0 amide bonds. The van der Waals surface area contributed by atoms with Crippen molar-refractivity contribution in [1.29, 1.82) is 0 Å². The fraction of sp³-hybridized carbons (Fsp3) is 0.500. The number of fused-ring (bicyclic) bond motifs is 1. The van der Waals surface area contributed by atoms with Crippen molar-refractivity contribution in [1.82, 2.24) is 0 Å². The maximum Gasteiger partial charge on any atom is 0.306 e. The molecule has 1 N–H and O–H groups in total. The van der Waals surface area contributed by atoms with Gasteiger partial charge < -0.3 is 9.84 Å². The first-order valence-corrected chi connectivity index (χ1v) is 3.78. The van der Waals surface area contributed by atoms with Crippen LogP contribution in [0.4, 0.5) is 0 Å². The Bertz CT molecular complexity index is 268. The lowest BCUT2D eigenvalue weighted by atomic mass is 9.89. The lowest BCUT2D eigenvalue weighted by Crippen LogP contribution is -2.39. The first-order chi connectivity index (χ1) is 5.68. The normalized spacial score (nSPS) is 39.6. The first kappa shape index (κ1) is 7.49. The van der Waals surface area contributed by atoms with Crippen LogP contribution in [0.3, 0.4) is 0 Å². The van der Waals surface area contributed by atoms with Crippen molar-refractivity contribution in [2.24, 2.45) is 5.92 Å². The standard InChI is InChI=1S/C8H8O4/c9-5-2-1-4-3-6(10)12-8(4)7(5)11/h1-2,4,7-8,11H,3H2/t4-,7-,8+/m1/s1. The largest absolute Gasteiger partial charge is 0.458 e. The van der Waals surface area contributed by atoms with E-state index in [0.29, 0.717) is 0 Å². The summed E-state index contributed by atoms with van der Waals surface area (Å²) in [6, 6.07) is 0. The number of aliphatic hydroxyl groups excluding tert-OH is 1. The highest BCUT2D eigenvalue weighted by Gasteiger charge is 2.42. The minimum Gasteiger partial charge on any atom is -0.458 e. The van der Waals surface area contributed by atoms with Crippen LogP contribution in [0.25, 0.3) is 0 Å². The molecule has 1 aliphatic heterocycles. The van der Waals surface area contributed by atoms with Crippen molar-refractivity contribution in [2.45, 2.75) is 18.6 Å². The molecule has 4 nitrogen and oxygen atoms in total. The van der Waals surface area contributed by atoms with E-state index in [1.165, 1.54) is 6.08 Å². The topological polar surface area (TPSA) is 63.6 Å². The first-order valence-electron chi connectivity index (χ1n) is 3.78. The molecule has 0 saturated carbocycles. The summed E-state index contributed by atoms with van der Waals surface area (Å²) in [5.41, 5.74) is 0. The number of aliphatic hydroxyl groups is 1. The Balaban J connectivity index is 2.27. The number of esters is 1. The van der Waals surface area contributed by atoms with E-state index in [1.807, 2.05) is 0 Å². The van der Waals surface area contributed by atoms with Crippen molar-refractivity contribution < 1.29 is 19.4 Å². The van der Waals surface area contributed by atoms with E-state index < -0.39 is 12.2 Å². The Morgan fingerprint density at radius 3 is 3.00 bits per heavy atom. The quantitative estimate of drug-likeness (QED) is 0.491. The molecule has 0 aromatic rings. The Morgan fingerprint density at radius 1 is 1.50 bits per heavy atom. The van der Waals surface area contributed by atoms with E-state index in [4.69, 9.17) is 4.74 Å². The Kier molecular flexibility index (Phi) is 1.51. The predicted octanol–water partition coefficient (Wildman–Crippen LogP) is -0.582. The maximum atomic E-state index is 10.9. The summed E-state index contributed by atoms with van der Waals surface area (Å²) in [5.74, 6) is -0.848. The van der Waals surface area contributed by atoms with Gasteiger partial charge in [0.05, 0.1) is 6.42 Å². The molecule has 0 unspecified atom stereocenters. The fourth-order valence-corrected chi connectivity index (χ4v) is 1.55. The van der Waals surface area contributed by atoms with E-state index in [0.717, 1.165) is 0 Å². The molecule has 1 saturated heterocycles. The molecule has 0 radical (unpaired) electrons. The number of hydrogen-bond acceptors (Lipinski definition) is 4. The van der Waals surface area contributed by atoms with Gasteiger partial charge in [0.25, 0.3) is 0 Å². The molecule has 64 valence electrons. The van der Waals surface area contributed by atoms with Crippen LogP contribution < -0.4 is 0 Å². The second-order valence-electron chi connectivity index (χ2n) is 3.03. The average molecular weight is 168 g/mol. The molecular formula is C8H8O4. The molecule has 1 fully saturated rings. The van der Waals surface area contributed by atoms with Gasteiger partial charge in [-0.25, -0.2) is 0 Å². The van der Waals surface area contributed by atoms with E-state index in [-0.39, 0.29) is 24.1 Å². The summed E-state index contributed by atoms with van der Waals surface area (Å²) in [6.07, 6.45) is 1.41. The van der Waals surface area contributed by atoms with Gasteiger partial charge in [-0.3, -0.25) is 9.59 Å². The highest BCUT2D eigenvalue weighted by Crippen LogP contribution is 2.29. The second kappa shape index (κ2) is 2.42. The van der Waals surface area contributed by atoms with Crippen LogP contribution in [-0.4, -0.2) is 29.1 Å². The van der Waals surface area contributed by atoms with Gasteiger partial charge in [-0.15, -0.1) is 0 Å². The van der Waals surface area contributed by atoms with Gasteiger partial charge in [0, 0.05) is 5.92 Å². The van der Waals surface area contributed by atoms with Gasteiger partial charge >= 0.3 is 5.97 Å². The maximum absolute atomic E-state index is 10.9. The number of ether oxygens (including phenoxy) is 1. The molecule has 2 rings (SSSR count). The summed E-state index contributed by atoms with van der Waals surface area (Å²) in [7, 11) is 0. The zero-order valence-electron chi connectivity index (χ0n) is 6.27. The van der Waals surface area contributed by atoms with E-state index in [2.05, 4.69) is 0 Å². The summed E-state index contributed by atoms with van der Waals surface area (Å²) >= 11 is 0. The van der Waals surface area contributed by atoms with Gasteiger partial charge in [-0.05, 0) is 6.08 Å². The second-order valence-corrected chi connectivity index (χ2v) is 3.03. The van der Waals surface area contributed by atoms with Crippen LogP contribution in [0.1, 0.15) is 6.42 Å². The van der Waals surface area contributed by atoms with Crippen molar-refractivity contribution >= 4 is 11.8 Å². The fourth-order valence-electron chi connectivity index (χ4n) is 1.55. The van der Waals surface area contributed by atoms with E-state index in [1.54, 1.807) is 6.08 Å². The zero-order chi connectivity index (χ0) is 8.72. The van der Waals surface area contributed by atoms with Gasteiger partial charge in [-0.1, -0.05) is 6.08 Å². The van der Waals surface area contributed by atoms with Crippen molar-refractivity contribution in [3.8, 4) is 0 Å². The SMILES string of the molecule is O=C1C[C@H]2C=CC(=O)[C@@H](O)[C@H]2O1. The van der Waals surface area contributed by atoms with Crippen LogP contribution in [0.15, 0.2) is 12.2 Å². The third-order valence-electron chi connectivity index (χ3n) is 2.20. The highest BCUT2D eigenvalue weighted by atomic mass is 16.6. The smallest absolute Gasteiger partial charge is 0.306 e. The van der Waals surface area contributed by atoms with Crippen molar-refractivity contribution in [3.63, 3.8) is 0 Å². The van der Waals surface area contributed by atoms with Crippen LogP contribution in [0, 0.1) is 5.92 Å². The average Bonchev–Trinajstić information content (AvgIpc) is 2.39. The minimum atomic E-state index is -1.16. The van der Waals surface area contributed by atoms with Crippen LogP contribution in [0.5, 0.6) is 0 Å². The summed E-state index contributed by atoms with van der Waals surface area (Å²) in [6.45, 7) is 0. The number of rotatable bonds is 0. The number of carbonyl (C=O) groups excluding carboxylic acids is 2. The summed E-state index contributed by atoms with van der Waals surface area (Å²) in [4.78, 5) is 21.7. The van der Waals surface area contributed by atoms with Gasteiger partial charge in [0.2, 0.25) is 0 Å². The van der Waals surface area contributed by atoms with Crippen molar-refractivity contribution in [3.05, 3.63) is 12.2 Å². The Morgan fingerprint density at radius 2 is 2.25 bits per heavy atom. The number of hydrogen-bond donors (Lipinski definition) is 1. The molecule has 1 aliphatic carbocycles. The zero-order valence-corrected chi connectivity index (χ0v) is 6.27. The molecule has 0 aromatic carbocycles. The predicted molar refractivity (Wildman–Crippen MR) is 38.1 cm³/mol. The minimum absolute atomic E-state index is 0.120. The third kappa shape index (κ3) is 0.956. The van der Waals surface area contributed by atoms with Crippen LogP contribution >= 0.6 is 0 Å². The van der Waals surface area contributed by atoms with Gasteiger partial charge in [-0.2, -0.15) is 0 Å². The molecular weight excluding hydrogens is 160 g/mol. The monoisotopic (exact) mass is 168 g/mol. The third-order valence-corrected chi connectivity index (χ3v) is 2.20. The summed E-state index contributed by atoms with van der Waals surface area (Å²) in [5, 5.41) is 9.29. The summed E-state index contributed by atoms with van der Waals surface area (Å²) < 4.78 is 4.79. The Labute approximate surface area is 68.8 Å². The van der Waals surface area contributed by atoms with Crippen LogP contribution in [-0.2, 0) is 14.3 Å². The Hall–Kier alpha value is -1.16.